The van der Waals surface area contributed by atoms with E-state index < -0.39 is 0 Å². The summed E-state index contributed by atoms with van der Waals surface area (Å²) in [5.41, 5.74) is 7.41. The average molecular weight is 236 g/mol. The summed E-state index contributed by atoms with van der Waals surface area (Å²) in [5, 5.41) is 7.06. The lowest BCUT2D eigenvalue weighted by Crippen LogP contribution is -2.31. The number of rotatable bonds is 5. The first-order valence-corrected chi connectivity index (χ1v) is 6.05. The molecule has 1 aromatic heterocycles. The number of hydrogen-bond donors (Lipinski definition) is 2. The number of aromatic nitrogens is 2. The second-order valence-corrected chi connectivity index (χ2v) is 4.99. The Bertz CT molecular complexity index is 420. The molecular weight excluding hydrogens is 216 g/mol. The Morgan fingerprint density at radius 3 is 2.82 bits per heavy atom. The molecule has 3 N–H and O–H groups in total. The SMILES string of the molecule is Cc1c(C(=O)NCC2(CCN)CC2)cnn1C. The quantitative estimate of drug-likeness (QED) is 0.785. The third-order valence-corrected chi connectivity index (χ3v) is 3.74. The fourth-order valence-electron chi connectivity index (χ4n) is 2.08. The van der Waals surface area contributed by atoms with Crippen molar-refractivity contribution in [1.29, 1.82) is 0 Å². The molecule has 0 bridgehead atoms. The molecular formula is C12H20N4O. The van der Waals surface area contributed by atoms with Gasteiger partial charge in [0.1, 0.15) is 0 Å². The molecule has 0 radical (unpaired) electrons. The maximum absolute atomic E-state index is 12.0. The molecule has 2 rings (SSSR count). The van der Waals surface area contributed by atoms with Gasteiger partial charge in [-0.05, 0) is 38.1 Å². The number of nitrogens with two attached hydrogens (primary N) is 1. The molecule has 17 heavy (non-hydrogen) atoms. The first-order valence-electron chi connectivity index (χ1n) is 6.05. The summed E-state index contributed by atoms with van der Waals surface area (Å²) in [7, 11) is 1.84. The summed E-state index contributed by atoms with van der Waals surface area (Å²) in [6, 6.07) is 0. The van der Waals surface area contributed by atoms with E-state index in [4.69, 9.17) is 5.73 Å². The van der Waals surface area contributed by atoms with Gasteiger partial charge in [-0.15, -0.1) is 0 Å². The Balaban J connectivity index is 1.92. The number of carbonyl (C=O) groups is 1. The highest BCUT2D eigenvalue weighted by Crippen LogP contribution is 2.47. The molecule has 5 heteroatoms. The predicted molar refractivity (Wildman–Crippen MR) is 65.6 cm³/mol. The number of nitrogens with one attached hydrogen (secondary N) is 1. The third kappa shape index (κ3) is 2.49. The van der Waals surface area contributed by atoms with Crippen molar-refractivity contribution in [3.8, 4) is 0 Å². The van der Waals surface area contributed by atoms with Crippen LogP contribution in [0.3, 0.4) is 0 Å². The van der Waals surface area contributed by atoms with Crippen molar-refractivity contribution >= 4 is 5.91 Å². The van der Waals surface area contributed by atoms with Gasteiger partial charge in [0.2, 0.25) is 0 Å². The number of nitrogens with zero attached hydrogens (tertiary/aromatic N) is 2. The van der Waals surface area contributed by atoms with E-state index in [0.717, 1.165) is 18.7 Å². The van der Waals surface area contributed by atoms with Gasteiger partial charge in [-0.2, -0.15) is 5.10 Å². The van der Waals surface area contributed by atoms with Crippen LogP contribution in [0.4, 0.5) is 0 Å². The molecule has 1 heterocycles. The largest absolute Gasteiger partial charge is 0.351 e. The molecule has 1 aliphatic rings. The van der Waals surface area contributed by atoms with E-state index in [1.54, 1.807) is 10.9 Å². The molecule has 0 saturated heterocycles. The van der Waals surface area contributed by atoms with Crippen LogP contribution in [0.25, 0.3) is 0 Å². The van der Waals surface area contributed by atoms with E-state index in [9.17, 15) is 4.79 Å². The molecule has 1 fully saturated rings. The molecule has 0 aliphatic heterocycles. The minimum atomic E-state index is -0.0288. The highest BCUT2D eigenvalue weighted by Gasteiger charge is 2.41. The van der Waals surface area contributed by atoms with Gasteiger partial charge in [0.05, 0.1) is 11.8 Å². The Morgan fingerprint density at radius 2 is 2.35 bits per heavy atom. The van der Waals surface area contributed by atoms with Gasteiger partial charge in [0, 0.05) is 19.3 Å². The van der Waals surface area contributed by atoms with E-state index in [1.165, 1.54) is 12.8 Å². The second-order valence-electron chi connectivity index (χ2n) is 4.99. The molecule has 0 spiro atoms. The fourth-order valence-corrected chi connectivity index (χ4v) is 2.08. The van der Waals surface area contributed by atoms with E-state index in [1.807, 2.05) is 14.0 Å². The lowest BCUT2D eigenvalue weighted by molar-refractivity contribution is 0.0943. The van der Waals surface area contributed by atoms with Gasteiger partial charge in [0.25, 0.3) is 5.91 Å². The summed E-state index contributed by atoms with van der Waals surface area (Å²) in [6.45, 7) is 3.33. The van der Waals surface area contributed by atoms with Gasteiger partial charge in [0.15, 0.2) is 0 Å². The Labute approximate surface area is 101 Å². The van der Waals surface area contributed by atoms with Crippen molar-refractivity contribution in [3.05, 3.63) is 17.5 Å². The second kappa shape index (κ2) is 4.49. The maximum atomic E-state index is 12.0. The lowest BCUT2D eigenvalue weighted by atomic mass is 10.0. The number of aryl methyl sites for hydroxylation is 1. The Hall–Kier alpha value is -1.36. The molecule has 0 aromatic carbocycles. The Kier molecular flexibility index (Phi) is 3.19. The van der Waals surface area contributed by atoms with Crippen LogP contribution in [-0.4, -0.2) is 28.8 Å². The van der Waals surface area contributed by atoms with Crippen molar-refractivity contribution in [3.63, 3.8) is 0 Å². The van der Waals surface area contributed by atoms with Gasteiger partial charge in [-0.25, -0.2) is 0 Å². The summed E-state index contributed by atoms with van der Waals surface area (Å²) in [4.78, 5) is 12.0. The van der Waals surface area contributed by atoms with Gasteiger partial charge >= 0.3 is 0 Å². The third-order valence-electron chi connectivity index (χ3n) is 3.74. The standard InChI is InChI=1S/C12H20N4O/c1-9-10(7-15-16(9)2)11(17)14-8-12(3-4-12)5-6-13/h7H,3-6,8,13H2,1-2H3,(H,14,17). The zero-order chi connectivity index (χ0) is 12.5. The van der Waals surface area contributed by atoms with Crippen molar-refractivity contribution in [2.75, 3.05) is 13.1 Å². The van der Waals surface area contributed by atoms with Crippen LogP contribution in [0.1, 0.15) is 35.3 Å². The Morgan fingerprint density at radius 1 is 1.65 bits per heavy atom. The fraction of sp³-hybridized carbons (Fsp3) is 0.667. The van der Waals surface area contributed by atoms with Crippen molar-refractivity contribution in [1.82, 2.24) is 15.1 Å². The molecule has 1 aliphatic carbocycles. The normalized spacial score (nSPS) is 16.9. The number of amides is 1. The van der Waals surface area contributed by atoms with E-state index >= 15 is 0 Å². The van der Waals surface area contributed by atoms with Crippen LogP contribution < -0.4 is 11.1 Å². The average Bonchev–Trinajstić information content (AvgIpc) is 2.99. The van der Waals surface area contributed by atoms with Crippen LogP contribution in [0.15, 0.2) is 6.20 Å². The summed E-state index contributed by atoms with van der Waals surface area (Å²) in [6.07, 6.45) is 4.97. The molecule has 0 atom stereocenters. The first-order chi connectivity index (χ1) is 8.08. The lowest BCUT2D eigenvalue weighted by Gasteiger charge is -2.14. The van der Waals surface area contributed by atoms with Crippen molar-refractivity contribution < 1.29 is 4.79 Å². The summed E-state index contributed by atoms with van der Waals surface area (Å²) in [5.74, 6) is -0.0288. The topological polar surface area (TPSA) is 72.9 Å². The number of hydrogen-bond acceptors (Lipinski definition) is 3. The predicted octanol–water partition coefficient (Wildman–Crippen LogP) is 0.587. The highest BCUT2D eigenvalue weighted by atomic mass is 16.1. The van der Waals surface area contributed by atoms with Crippen LogP contribution in [0, 0.1) is 12.3 Å². The molecule has 0 unspecified atom stereocenters. The monoisotopic (exact) mass is 236 g/mol. The van der Waals surface area contributed by atoms with Crippen LogP contribution in [-0.2, 0) is 7.05 Å². The van der Waals surface area contributed by atoms with Crippen LogP contribution in [0.2, 0.25) is 0 Å². The van der Waals surface area contributed by atoms with Crippen LogP contribution >= 0.6 is 0 Å². The van der Waals surface area contributed by atoms with Gasteiger partial charge < -0.3 is 11.1 Å². The van der Waals surface area contributed by atoms with Gasteiger partial charge in [-0.1, -0.05) is 0 Å². The zero-order valence-corrected chi connectivity index (χ0v) is 10.5. The zero-order valence-electron chi connectivity index (χ0n) is 10.5. The smallest absolute Gasteiger partial charge is 0.254 e. The summed E-state index contributed by atoms with van der Waals surface area (Å²) >= 11 is 0. The maximum Gasteiger partial charge on any atom is 0.254 e. The first kappa shape index (κ1) is 12.1. The van der Waals surface area contributed by atoms with E-state index in [-0.39, 0.29) is 11.3 Å². The van der Waals surface area contributed by atoms with Crippen LogP contribution in [0.5, 0.6) is 0 Å². The molecule has 5 nitrogen and oxygen atoms in total. The number of carbonyl (C=O) groups excluding carboxylic acids is 1. The van der Waals surface area contributed by atoms with Crippen molar-refractivity contribution in [2.45, 2.75) is 26.2 Å². The minimum absolute atomic E-state index is 0.0288. The molecule has 1 amide bonds. The van der Waals surface area contributed by atoms with Gasteiger partial charge in [-0.3, -0.25) is 9.48 Å². The molecule has 1 aromatic rings. The van der Waals surface area contributed by atoms with E-state index in [2.05, 4.69) is 10.4 Å². The van der Waals surface area contributed by atoms with Crippen molar-refractivity contribution in [2.24, 2.45) is 18.2 Å². The molecule has 94 valence electrons. The highest BCUT2D eigenvalue weighted by molar-refractivity contribution is 5.95. The summed E-state index contributed by atoms with van der Waals surface area (Å²) < 4.78 is 1.71. The minimum Gasteiger partial charge on any atom is -0.351 e. The molecule has 1 saturated carbocycles. The van der Waals surface area contributed by atoms with E-state index in [0.29, 0.717) is 12.1 Å².